The predicted octanol–water partition coefficient (Wildman–Crippen LogP) is 0.236. The number of ether oxygens (including phenoxy) is 2. The Balaban J connectivity index is -0.000000376. The van der Waals surface area contributed by atoms with E-state index in [1.165, 1.54) is 0 Å². The van der Waals surface area contributed by atoms with Crippen LogP contribution in [0.1, 0.15) is 6.42 Å². The summed E-state index contributed by atoms with van der Waals surface area (Å²) in [5.74, 6) is 0. The van der Waals surface area contributed by atoms with Gasteiger partial charge in [-0.3, -0.25) is 0 Å². The molecule has 0 saturated carbocycles. The van der Waals surface area contributed by atoms with Crippen LogP contribution in [-0.4, -0.2) is 36.1 Å². The first-order valence-electron chi connectivity index (χ1n) is 3.62. The molecule has 0 heterocycles. The molecule has 2 N–H and O–H groups in total. The van der Waals surface area contributed by atoms with Crippen molar-refractivity contribution in [3.8, 4) is 6.07 Å². The van der Waals surface area contributed by atoms with Gasteiger partial charge in [-0.1, -0.05) is 0 Å². The first-order chi connectivity index (χ1) is 6.31. The number of nitrogens with zero attached hydrogens (tertiary/aromatic N) is 1. The third-order valence-electron chi connectivity index (χ3n) is 0.979. The van der Waals surface area contributed by atoms with Gasteiger partial charge in [0.15, 0.2) is 0 Å². The zero-order valence-electron chi connectivity index (χ0n) is 8.19. The van der Waals surface area contributed by atoms with Crippen LogP contribution >= 0.6 is 0 Å². The molecule has 0 aliphatic heterocycles. The molecular formula is C8H15NO4Rf-2. The molecule has 0 aliphatic rings. The molecule has 14 heavy (non-hydrogen) atoms. The first kappa shape index (κ1) is 18.2. The minimum Gasteiger partial charge on any atom is -0.569 e. The van der Waals surface area contributed by atoms with E-state index in [0.29, 0.717) is 13.0 Å². The molecule has 0 aliphatic carbocycles. The van der Waals surface area contributed by atoms with Crippen molar-refractivity contribution in [3.63, 3.8) is 0 Å². The van der Waals surface area contributed by atoms with E-state index < -0.39 is 6.10 Å². The van der Waals surface area contributed by atoms with E-state index in [2.05, 4.69) is 19.0 Å². The largest absolute Gasteiger partial charge is 0.569 e. The van der Waals surface area contributed by atoms with Crippen molar-refractivity contribution in [2.24, 2.45) is 0 Å². The summed E-state index contributed by atoms with van der Waals surface area (Å²) in [5, 5.41) is 23.8. The third-order valence-corrected chi connectivity index (χ3v) is 0.979. The van der Waals surface area contributed by atoms with Gasteiger partial charge in [-0.15, -0.1) is 0 Å². The van der Waals surface area contributed by atoms with Crippen LogP contribution in [0.4, 0.5) is 0 Å². The summed E-state index contributed by atoms with van der Waals surface area (Å²) in [4.78, 5) is 0. The van der Waals surface area contributed by atoms with Crippen LogP contribution in [0.5, 0.6) is 0 Å². The van der Waals surface area contributed by atoms with Crippen molar-refractivity contribution < 1.29 is 19.7 Å². The van der Waals surface area contributed by atoms with Crippen LogP contribution in [0.2, 0.25) is 0 Å². The molecule has 5 nitrogen and oxygen atoms in total. The average molecular weight is 456 g/mol. The van der Waals surface area contributed by atoms with Crippen LogP contribution < -0.4 is 0 Å². The Morgan fingerprint density at radius 1 is 1.36 bits per heavy atom. The summed E-state index contributed by atoms with van der Waals surface area (Å²) in [6, 6.07) is 1.92. The van der Waals surface area contributed by atoms with Crippen molar-refractivity contribution in [1.82, 2.24) is 0 Å². The van der Waals surface area contributed by atoms with E-state index >= 15 is 0 Å². The van der Waals surface area contributed by atoms with E-state index in [1.807, 2.05) is 6.07 Å². The fraction of sp³-hybridized carbons (Fsp3) is 0.625. The van der Waals surface area contributed by atoms with E-state index in [-0.39, 0.29) is 13.2 Å². The molecule has 6 heteroatoms. The van der Waals surface area contributed by atoms with Crippen molar-refractivity contribution >= 4 is 0 Å². The average Bonchev–Trinajstić information content (AvgIpc) is 2.16. The Kier molecular flexibility index (Phi) is 22.6. The second kappa shape index (κ2) is 17.4. The van der Waals surface area contributed by atoms with Crippen molar-refractivity contribution in [2.75, 3.05) is 19.8 Å². The molecular weight excluding hydrogens is 441 g/mol. The van der Waals surface area contributed by atoms with E-state index in [0.717, 1.165) is 0 Å². The summed E-state index contributed by atoms with van der Waals surface area (Å²) in [6.07, 6.45) is -0.302. The number of nitriles is 1. The van der Waals surface area contributed by atoms with E-state index in [4.69, 9.17) is 20.2 Å². The van der Waals surface area contributed by atoms with Gasteiger partial charge in [0.25, 0.3) is 0 Å². The van der Waals surface area contributed by atoms with Crippen molar-refractivity contribution in [1.29, 1.82) is 5.26 Å². The van der Waals surface area contributed by atoms with Crippen LogP contribution in [0.15, 0.2) is 0 Å². The van der Waals surface area contributed by atoms with Crippen LogP contribution in [0.3, 0.4) is 0 Å². The standard InChI is InChI=1S/C7H12NO3.CH3O.Rf/c1-10-5-7(9)6-11-4-2-3-8;1-2;/h7,9H,1-2,4-6H2;2H,1H2;/q2*-1;. The number of aliphatic hydroxyl groups is 2. The van der Waals surface area contributed by atoms with Gasteiger partial charge >= 0.3 is 0 Å². The smallest absolute Gasteiger partial charge is 0.0976 e. The molecule has 1 unspecified atom stereocenters. The summed E-state index contributed by atoms with van der Waals surface area (Å²) in [5.41, 5.74) is 0. The quantitative estimate of drug-likeness (QED) is 0.442. The summed E-state index contributed by atoms with van der Waals surface area (Å²) >= 11 is 0. The van der Waals surface area contributed by atoms with Gasteiger partial charge in [-0.05, 0) is 0 Å². The Hall–Kier alpha value is -1.67. The Bertz CT molecular complexity index is 129. The molecule has 0 bridgehead atoms. The summed E-state index contributed by atoms with van der Waals surface area (Å²) in [6.45, 7) is 0.703. The molecule has 0 amide bonds. The Labute approximate surface area is 78.5 Å². The Morgan fingerprint density at radius 2 is 1.93 bits per heavy atom. The van der Waals surface area contributed by atoms with Crippen LogP contribution in [-0.2, 0) is 9.47 Å². The number of hydrogen-bond donors (Lipinski definition) is 2. The SMILES string of the molecule is [CH2-]O.[CH2-]OCC(O)COCCC#N.[Rf]. The van der Waals surface area contributed by atoms with E-state index in [9.17, 15) is 0 Å². The predicted molar refractivity (Wildman–Crippen MR) is 45.7 cm³/mol. The van der Waals surface area contributed by atoms with E-state index in [1.54, 1.807) is 0 Å². The molecule has 0 fully saturated rings. The minimum absolute atomic E-state index is 0. The molecule has 0 rings (SSSR count). The van der Waals surface area contributed by atoms with Crippen LogP contribution in [0, 0.1) is 25.6 Å². The van der Waals surface area contributed by atoms with Gasteiger partial charge in [0, 0.05) is 6.61 Å². The van der Waals surface area contributed by atoms with Gasteiger partial charge in [-0.2, -0.15) is 5.26 Å². The molecule has 0 radical (unpaired) electrons. The zero-order valence-corrected chi connectivity index (χ0v) is 14.6. The van der Waals surface area contributed by atoms with Crippen molar-refractivity contribution in [3.05, 3.63) is 14.2 Å². The molecule has 1 atom stereocenters. The first-order valence-corrected chi connectivity index (χ1v) is 3.62. The van der Waals surface area contributed by atoms with Gasteiger partial charge in [0.2, 0.25) is 0 Å². The zero-order chi connectivity index (χ0) is 10.5. The molecule has 0 aromatic heterocycles. The second-order valence-corrected chi connectivity index (χ2v) is 2.01. The second-order valence-electron chi connectivity index (χ2n) is 2.01. The maximum Gasteiger partial charge on any atom is 0.0976 e. The Morgan fingerprint density at radius 3 is 2.36 bits per heavy atom. The van der Waals surface area contributed by atoms with Gasteiger partial charge in [0.1, 0.15) is 0 Å². The number of rotatable bonds is 6. The number of aliphatic hydroxyl groups excluding tert-OH is 2. The van der Waals surface area contributed by atoms with Crippen LogP contribution in [0.25, 0.3) is 0 Å². The molecule has 0 aromatic rings. The maximum atomic E-state index is 8.98. The fourth-order valence-corrected chi connectivity index (χ4v) is 0.521. The van der Waals surface area contributed by atoms with Gasteiger partial charge in [-0.25, -0.2) is 14.2 Å². The summed E-state index contributed by atoms with van der Waals surface area (Å²) < 4.78 is 9.32. The monoisotopic (exact) mass is 456 g/mol. The molecule has 0 aromatic carbocycles. The fourth-order valence-electron chi connectivity index (χ4n) is 0.521. The number of hydrogen-bond acceptors (Lipinski definition) is 5. The maximum absolute atomic E-state index is 8.98. The normalized spacial score (nSPS) is 10.2. The van der Waals surface area contributed by atoms with Gasteiger partial charge in [0.05, 0.1) is 31.8 Å². The third kappa shape index (κ3) is 16.7. The molecule has 0 spiro atoms. The van der Waals surface area contributed by atoms with Crippen molar-refractivity contribution in [2.45, 2.75) is 12.5 Å². The summed E-state index contributed by atoms with van der Waals surface area (Å²) in [7, 11) is 5.35. The molecule has 0 saturated heterocycles. The topological polar surface area (TPSA) is 82.7 Å². The molecule has 80 valence electrons. The van der Waals surface area contributed by atoms with Gasteiger partial charge < -0.3 is 19.7 Å². The minimum atomic E-state index is -0.647.